The molecule has 0 radical (unpaired) electrons. The van der Waals surface area contributed by atoms with Crippen LogP contribution in [-0.2, 0) is 6.54 Å². The summed E-state index contributed by atoms with van der Waals surface area (Å²) < 4.78 is 0. The van der Waals surface area contributed by atoms with Crippen molar-refractivity contribution in [3.8, 4) is 6.07 Å². The molecule has 1 unspecified atom stereocenters. The third-order valence-corrected chi connectivity index (χ3v) is 3.98. The van der Waals surface area contributed by atoms with Crippen molar-refractivity contribution < 1.29 is 4.79 Å². The highest BCUT2D eigenvalue weighted by Gasteiger charge is 2.06. The van der Waals surface area contributed by atoms with Crippen LogP contribution in [0.3, 0.4) is 0 Å². The van der Waals surface area contributed by atoms with Crippen LogP contribution in [0.2, 0.25) is 0 Å². The molecule has 21 heavy (non-hydrogen) atoms. The number of primary amides is 1. The van der Waals surface area contributed by atoms with Crippen LogP contribution in [0, 0.1) is 11.3 Å². The quantitative estimate of drug-likeness (QED) is 0.792. The van der Waals surface area contributed by atoms with Crippen molar-refractivity contribution in [3.05, 3.63) is 51.7 Å². The smallest absolute Gasteiger partial charge is 0.316 e. The molecule has 2 rings (SSSR count). The Morgan fingerprint density at radius 1 is 1.43 bits per heavy atom. The van der Waals surface area contributed by atoms with Crippen molar-refractivity contribution >= 4 is 23.1 Å². The Hall–Kier alpha value is -2.36. The highest BCUT2D eigenvalue weighted by atomic mass is 32.1. The second-order valence-electron chi connectivity index (χ2n) is 4.63. The van der Waals surface area contributed by atoms with E-state index in [9.17, 15) is 4.79 Å². The predicted octanol–water partition coefficient (Wildman–Crippen LogP) is 2.96. The number of rotatable bonds is 5. The molecule has 0 saturated heterocycles. The van der Waals surface area contributed by atoms with Crippen LogP contribution >= 0.6 is 11.3 Å². The molecule has 0 aliphatic rings. The van der Waals surface area contributed by atoms with Gasteiger partial charge in [-0.2, -0.15) is 5.26 Å². The summed E-state index contributed by atoms with van der Waals surface area (Å²) in [6.07, 6.45) is 0. The van der Waals surface area contributed by atoms with E-state index in [0.29, 0.717) is 11.3 Å². The van der Waals surface area contributed by atoms with Gasteiger partial charge < -0.3 is 16.4 Å². The third-order valence-electron chi connectivity index (χ3n) is 3.04. The Kier molecular flexibility index (Phi) is 4.93. The number of carbonyl (C=O) groups is 1. The van der Waals surface area contributed by atoms with E-state index in [1.165, 1.54) is 0 Å². The number of hydrogen-bond donors (Lipinski definition) is 3. The van der Waals surface area contributed by atoms with E-state index in [1.54, 1.807) is 11.3 Å². The van der Waals surface area contributed by atoms with Crippen LogP contribution in [0.15, 0.2) is 35.7 Å². The molecule has 2 amide bonds. The molecule has 2 aromatic rings. The zero-order chi connectivity index (χ0) is 15.2. The van der Waals surface area contributed by atoms with Crippen LogP contribution < -0.4 is 16.4 Å². The van der Waals surface area contributed by atoms with Crippen LogP contribution in [0.5, 0.6) is 0 Å². The Morgan fingerprint density at radius 2 is 2.14 bits per heavy atom. The first-order valence-electron chi connectivity index (χ1n) is 6.46. The predicted molar refractivity (Wildman–Crippen MR) is 83.9 cm³/mol. The average Bonchev–Trinajstić information content (AvgIpc) is 2.93. The number of nitrogens with two attached hydrogens (primary N) is 1. The van der Waals surface area contributed by atoms with E-state index in [-0.39, 0.29) is 6.04 Å². The Labute approximate surface area is 127 Å². The molecular formula is C15H16N4OS. The van der Waals surface area contributed by atoms with E-state index >= 15 is 0 Å². The topological polar surface area (TPSA) is 90.9 Å². The molecule has 6 heteroatoms. The van der Waals surface area contributed by atoms with Crippen LogP contribution in [-0.4, -0.2) is 6.03 Å². The number of carbonyl (C=O) groups excluding carboxylic acids is 1. The lowest BCUT2D eigenvalue weighted by molar-refractivity contribution is 0.259. The molecule has 0 bridgehead atoms. The highest BCUT2D eigenvalue weighted by Crippen LogP contribution is 2.18. The zero-order valence-electron chi connectivity index (χ0n) is 11.6. The van der Waals surface area contributed by atoms with Gasteiger partial charge in [0.25, 0.3) is 0 Å². The number of nitrogens with zero attached hydrogens (tertiary/aromatic N) is 1. The minimum atomic E-state index is -0.570. The molecule has 1 heterocycles. The Bertz CT molecular complexity index is 657. The summed E-state index contributed by atoms with van der Waals surface area (Å²) >= 11 is 1.57. The summed E-state index contributed by atoms with van der Waals surface area (Å²) in [4.78, 5) is 11.9. The molecule has 0 aliphatic carbocycles. The van der Waals surface area contributed by atoms with E-state index < -0.39 is 6.03 Å². The molecule has 4 N–H and O–H groups in total. The molecule has 0 spiro atoms. The van der Waals surface area contributed by atoms with E-state index in [2.05, 4.69) is 23.6 Å². The molecule has 5 nitrogen and oxygen atoms in total. The molecule has 0 saturated carbocycles. The maximum atomic E-state index is 10.8. The lowest BCUT2D eigenvalue weighted by Gasteiger charge is -2.14. The zero-order valence-corrected chi connectivity index (χ0v) is 12.4. The van der Waals surface area contributed by atoms with Crippen molar-refractivity contribution in [1.82, 2.24) is 5.32 Å². The van der Waals surface area contributed by atoms with Gasteiger partial charge in [0.1, 0.15) is 6.07 Å². The minimum absolute atomic E-state index is 0.167. The first-order chi connectivity index (χ1) is 10.1. The largest absolute Gasteiger partial charge is 0.351 e. The Balaban J connectivity index is 1.92. The fourth-order valence-corrected chi connectivity index (χ4v) is 2.66. The number of hydrogen-bond acceptors (Lipinski definition) is 4. The van der Waals surface area contributed by atoms with E-state index in [4.69, 9.17) is 11.0 Å². The third kappa shape index (κ3) is 4.31. The number of nitrogens with one attached hydrogen (secondary N) is 2. The summed E-state index contributed by atoms with van der Waals surface area (Å²) in [5.74, 6) is 0. The molecule has 1 atom stereocenters. The normalized spacial score (nSPS) is 11.6. The van der Waals surface area contributed by atoms with Crippen molar-refractivity contribution in [2.24, 2.45) is 5.73 Å². The van der Waals surface area contributed by atoms with Gasteiger partial charge >= 0.3 is 6.03 Å². The first kappa shape index (κ1) is 15.0. The van der Waals surface area contributed by atoms with Gasteiger partial charge in [0.05, 0.1) is 5.56 Å². The van der Waals surface area contributed by atoms with Gasteiger partial charge in [-0.1, -0.05) is 12.1 Å². The first-order valence-corrected chi connectivity index (χ1v) is 7.34. The van der Waals surface area contributed by atoms with Crippen molar-refractivity contribution in [2.75, 3.05) is 5.32 Å². The number of benzene rings is 1. The molecule has 108 valence electrons. The summed E-state index contributed by atoms with van der Waals surface area (Å²) in [7, 11) is 0. The lowest BCUT2D eigenvalue weighted by atomic mass is 10.1. The number of anilines is 1. The molecule has 0 aliphatic heterocycles. The summed E-state index contributed by atoms with van der Waals surface area (Å²) in [5, 5.41) is 16.6. The van der Waals surface area contributed by atoms with Crippen LogP contribution in [0.4, 0.5) is 10.5 Å². The minimum Gasteiger partial charge on any atom is -0.351 e. The van der Waals surface area contributed by atoms with E-state index in [0.717, 1.165) is 17.0 Å². The van der Waals surface area contributed by atoms with E-state index in [1.807, 2.05) is 35.7 Å². The monoisotopic (exact) mass is 300 g/mol. The number of urea groups is 1. The van der Waals surface area contributed by atoms with Crippen LogP contribution in [0.25, 0.3) is 0 Å². The maximum Gasteiger partial charge on any atom is 0.316 e. The van der Waals surface area contributed by atoms with Crippen molar-refractivity contribution in [3.63, 3.8) is 0 Å². The van der Waals surface area contributed by atoms with Gasteiger partial charge in [-0.25, -0.2) is 4.79 Å². The van der Waals surface area contributed by atoms with Crippen LogP contribution in [0.1, 0.15) is 29.0 Å². The molecule has 1 aromatic heterocycles. The number of nitriles is 1. The average molecular weight is 300 g/mol. The fourth-order valence-electron chi connectivity index (χ4n) is 1.90. The SMILES string of the molecule is CC(NCc1cc(C#N)cs1)c1ccc(NC(N)=O)cc1. The summed E-state index contributed by atoms with van der Waals surface area (Å²) in [6, 6.07) is 11.1. The highest BCUT2D eigenvalue weighted by molar-refractivity contribution is 7.10. The number of amides is 2. The van der Waals surface area contributed by atoms with Crippen molar-refractivity contribution in [2.45, 2.75) is 19.5 Å². The summed E-state index contributed by atoms with van der Waals surface area (Å²) in [5.41, 5.74) is 7.55. The van der Waals surface area contributed by atoms with Gasteiger partial charge in [-0.05, 0) is 30.7 Å². The van der Waals surface area contributed by atoms with Gasteiger partial charge in [0.2, 0.25) is 0 Å². The van der Waals surface area contributed by atoms with Gasteiger partial charge in [-0.15, -0.1) is 11.3 Å². The molecule has 0 fully saturated rings. The lowest BCUT2D eigenvalue weighted by Crippen LogP contribution is -2.19. The Morgan fingerprint density at radius 3 is 2.71 bits per heavy atom. The van der Waals surface area contributed by atoms with Crippen molar-refractivity contribution in [1.29, 1.82) is 5.26 Å². The van der Waals surface area contributed by atoms with Gasteiger partial charge in [-0.3, -0.25) is 0 Å². The van der Waals surface area contributed by atoms with Gasteiger partial charge in [0, 0.05) is 28.5 Å². The fraction of sp³-hybridized carbons (Fsp3) is 0.200. The maximum absolute atomic E-state index is 10.8. The van der Waals surface area contributed by atoms with Gasteiger partial charge in [0.15, 0.2) is 0 Å². The molecule has 1 aromatic carbocycles. The standard InChI is InChI=1S/C15H16N4OS/c1-10(18-8-14-6-11(7-16)9-21-14)12-2-4-13(5-3-12)19-15(17)20/h2-6,9-10,18H,8H2,1H3,(H3,17,19,20). The number of thiophene rings is 1. The second-order valence-corrected chi connectivity index (χ2v) is 5.62. The molecular weight excluding hydrogens is 284 g/mol. The summed E-state index contributed by atoms with van der Waals surface area (Å²) in [6.45, 7) is 2.78. The second kappa shape index (κ2) is 6.88.